The van der Waals surface area contributed by atoms with Crippen molar-refractivity contribution >= 4 is 24.1 Å². The molecule has 0 spiro atoms. The maximum atomic E-state index is 12.4. The summed E-state index contributed by atoms with van der Waals surface area (Å²) >= 11 is 0. The summed E-state index contributed by atoms with van der Waals surface area (Å²) in [6, 6.07) is 18.3. The van der Waals surface area contributed by atoms with Crippen LogP contribution in [0.25, 0.3) is 11.1 Å². The van der Waals surface area contributed by atoms with Crippen LogP contribution in [-0.2, 0) is 4.79 Å². The zero-order chi connectivity index (χ0) is 18.4. The number of piperidine rings is 1. The van der Waals surface area contributed by atoms with Gasteiger partial charge >= 0.3 is 0 Å². The van der Waals surface area contributed by atoms with E-state index >= 15 is 0 Å². The zero-order valence-electron chi connectivity index (χ0n) is 15.6. The number of carbonyl (C=O) groups is 2. The third-order valence-electron chi connectivity index (χ3n) is 4.88. The number of rotatable bonds is 6. The van der Waals surface area contributed by atoms with E-state index in [2.05, 4.69) is 17.6 Å². The predicted molar refractivity (Wildman–Crippen MR) is 111 cm³/mol. The first-order chi connectivity index (χ1) is 12.6. The third-order valence-corrected chi connectivity index (χ3v) is 4.88. The van der Waals surface area contributed by atoms with Crippen molar-refractivity contribution in [3.05, 3.63) is 60.2 Å². The Kier molecular flexibility index (Phi) is 8.01. The van der Waals surface area contributed by atoms with Gasteiger partial charge in [0.25, 0.3) is 0 Å². The van der Waals surface area contributed by atoms with Crippen LogP contribution in [0.5, 0.6) is 0 Å². The maximum absolute atomic E-state index is 12.4. The molecule has 1 aliphatic rings. The van der Waals surface area contributed by atoms with Crippen molar-refractivity contribution in [1.29, 1.82) is 0 Å². The van der Waals surface area contributed by atoms with Gasteiger partial charge < -0.3 is 10.6 Å². The Balaban J connectivity index is 0.00000261. The number of hydrogen-bond donors (Lipinski definition) is 2. The molecule has 1 fully saturated rings. The average molecular weight is 387 g/mol. The molecule has 2 unspecified atom stereocenters. The Hall–Kier alpha value is -2.17. The lowest BCUT2D eigenvalue weighted by Crippen LogP contribution is -2.46. The summed E-state index contributed by atoms with van der Waals surface area (Å²) in [6.07, 6.45) is 2.39. The van der Waals surface area contributed by atoms with Gasteiger partial charge in [0.1, 0.15) is 0 Å². The lowest BCUT2D eigenvalue weighted by Gasteiger charge is -2.28. The van der Waals surface area contributed by atoms with Gasteiger partial charge in [-0.1, -0.05) is 54.6 Å². The standard InChI is InChI=1S/C22H26N2O2.ClH/c1-16-15-20(13-14-23-16)24-22(26)12-11-21(25)19-9-7-18(8-10-19)17-5-3-2-4-6-17;/h2-10,16,20,23H,11-15H2,1H3,(H,24,26);1H. The molecule has 1 aliphatic heterocycles. The second-order valence-electron chi connectivity index (χ2n) is 7.01. The van der Waals surface area contributed by atoms with Gasteiger partial charge in [-0.05, 0) is 37.4 Å². The van der Waals surface area contributed by atoms with Crippen LogP contribution in [-0.4, -0.2) is 30.3 Å². The molecule has 0 aromatic heterocycles. The maximum Gasteiger partial charge on any atom is 0.220 e. The SMILES string of the molecule is CC1CC(NC(=O)CCC(=O)c2ccc(-c3ccccc3)cc2)CCN1.Cl. The Bertz CT molecular complexity index is 747. The van der Waals surface area contributed by atoms with Crippen molar-refractivity contribution in [3.8, 4) is 11.1 Å². The molecule has 27 heavy (non-hydrogen) atoms. The number of halogens is 1. The van der Waals surface area contributed by atoms with E-state index in [1.807, 2.05) is 54.6 Å². The van der Waals surface area contributed by atoms with Gasteiger partial charge in [-0.2, -0.15) is 0 Å². The Morgan fingerprint density at radius 1 is 1.00 bits per heavy atom. The van der Waals surface area contributed by atoms with E-state index in [0.717, 1.165) is 30.5 Å². The second-order valence-corrected chi connectivity index (χ2v) is 7.01. The van der Waals surface area contributed by atoms with Crippen molar-refractivity contribution in [2.24, 2.45) is 0 Å². The predicted octanol–water partition coefficient (Wildman–Crippen LogP) is 4.00. The van der Waals surface area contributed by atoms with Crippen molar-refractivity contribution in [1.82, 2.24) is 10.6 Å². The molecule has 2 N–H and O–H groups in total. The van der Waals surface area contributed by atoms with Crippen LogP contribution in [0, 0.1) is 0 Å². The summed E-state index contributed by atoms with van der Waals surface area (Å²) in [5.41, 5.74) is 2.87. The smallest absolute Gasteiger partial charge is 0.220 e. The van der Waals surface area contributed by atoms with E-state index in [1.54, 1.807) is 0 Å². The molecule has 2 aromatic carbocycles. The molecule has 1 heterocycles. The van der Waals surface area contributed by atoms with E-state index in [9.17, 15) is 9.59 Å². The highest BCUT2D eigenvalue weighted by Crippen LogP contribution is 2.20. The van der Waals surface area contributed by atoms with Gasteiger partial charge in [0.15, 0.2) is 5.78 Å². The minimum atomic E-state index is -0.0293. The summed E-state index contributed by atoms with van der Waals surface area (Å²) in [5, 5.41) is 6.42. The Labute approximate surface area is 167 Å². The van der Waals surface area contributed by atoms with Crippen molar-refractivity contribution in [2.75, 3.05) is 6.54 Å². The van der Waals surface area contributed by atoms with Gasteiger partial charge in [-0.15, -0.1) is 12.4 Å². The van der Waals surface area contributed by atoms with Crippen LogP contribution in [0.2, 0.25) is 0 Å². The highest BCUT2D eigenvalue weighted by atomic mass is 35.5. The Morgan fingerprint density at radius 3 is 2.33 bits per heavy atom. The number of nitrogens with one attached hydrogen (secondary N) is 2. The van der Waals surface area contributed by atoms with Crippen LogP contribution in [0.4, 0.5) is 0 Å². The van der Waals surface area contributed by atoms with Gasteiger partial charge in [0, 0.05) is 30.5 Å². The molecule has 1 saturated heterocycles. The molecule has 0 saturated carbocycles. The molecule has 0 bridgehead atoms. The lowest BCUT2D eigenvalue weighted by molar-refractivity contribution is -0.122. The molecule has 0 aliphatic carbocycles. The van der Waals surface area contributed by atoms with Crippen LogP contribution in [0.1, 0.15) is 43.0 Å². The molecule has 4 nitrogen and oxygen atoms in total. The molecule has 5 heteroatoms. The largest absolute Gasteiger partial charge is 0.353 e. The molecule has 3 rings (SSSR count). The molecule has 0 radical (unpaired) electrons. The van der Waals surface area contributed by atoms with Crippen LogP contribution in [0.15, 0.2) is 54.6 Å². The summed E-state index contributed by atoms with van der Waals surface area (Å²) < 4.78 is 0. The van der Waals surface area contributed by atoms with E-state index in [-0.39, 0.29) is 43.0 Å². The minimum Gasteiger partial charge on any atom is -0.353 e. The van der Waals surface area contributed by atoms with Gasteiger partial charge in [-0.3, -0.25) is 9.59 Å². The summed E-state index contributed by atoms with van der Waals surface area (Å²) in [4.78, 5) is 24.5. The average Bonchev–Trinajstić information content (AvgIpc) is 2.67. The number of amides is 1. The van der Waals surface area contributed by atoms with E-state index in [1.165, 1.54) is 0 Å². The first-order valence-electron chi connectivity index (χ1n) is 9.33. The first kappa shape index (κ1) is 21.1. The number of ketones is 1. The molecule has 1 amide bonds. The molecule has 144 valence electrons. The van der Waals surface area contributed by atoms with Crippen molar-refractivity contribution in [2.45, 2.75) is 44.7 Å². The molecular weight excluding hydrogens is 360 g/mol. The minimum absolute atomic E-state index is 0. The van der Waals surface area contributed by atoms with Crippen LogP contribution >= 0.6 is 12.4 Å². The van der Waals surface area contributed by atoms with Gasteiger partial charge in [0.05, 0.1) is 0 Å². The molecule has 2 aromatic rings. The fourth-order valence-electron chi connectivity index (χ4n) is 3.41. The van der Waals surface area contributed by atoms with E-state index in [0.29, 0.717) is 11.6 Å². The summed E-state index contributed by atoms with van der Waals surface area (Å²) in [7, 11) is 0. The second kappa shape index (κ2) is 10.2. The highest BCUT2D eigenvalue weighted by molar-refractivity contribution is 5.98. The fraction of sp³-hybridized carbons (Fsp3) is 0.364. The van der Waals surface area contributed by atoms with Gasteiger partial charge in [0.2, 0.25) is 5.91 Å². The topological polar surface area (TPSA) is 58.2 Å². The number of hydrogen-bond acceptors (Lipinski definition) is 3. The molecule has 2 atom stereocenters. The Morgan fingerprint density at radius 2 is 1.67 bits per heavy atom. The fourth-order valence-corrected chi connectivity index (χ4v) is 3.41. The third kappa shape index (κ3) is 6.19. The summed E-state index contributed by atoms with van der Waals surface area (Å²) in [6.45, 7) is 3.06. The summed E-state index contributed by atoms with van der Waals surface area (Å²) in [5.74, 6) is -0.0169. The zero-order valence-corrected chi connectivity index (χ0v) is 16.4. The van der Waals surface area contributed by atoms with Gasteiger partial charge in [-0.25, -0.2) is 0 Å². The number of benzene rings is 2. The van der Waals surface area contributed by atoms with Crippen LogP contribution in [0.3, 0.4) is 0 Å². The van der Waals surface area contributed by atoms with E-state index < -0.39 is 0 Å². The van der Waals surface area contributed by atoms with E-state index in [4.69, 9.17) is 0 Å². The van der Waals surface area contributed by atoms with Crippen molar-refractivity contribution < 1.29 is 9.59 Å². The van der Waals surface area contributed by atoms with Crippen LogP contribution < -0.4 is 10.6 Å². The number of carbonyl (C=O) groups excluding carboxylic acids is 2. The molecular formula is C22H27ClN2O2. The lowest BCUT2D eigenvalue weighted by atomic mass is 9.99. The first-order valence-corrected chi connectivity index (χ1v) is 9.33. The highest BCUT2D eigenvalue weighted by Gasteiger charge is 2.20. The monoisotopic (exact) mass is 386 g/mol. The normalized spacial score (nSPS) is 19.0. The van der Waals surface area contributed by atoms with Crippen molar-refractivity contribution in [3.63, 3.8) is 0 Å². The quantitative estimate of drug-likeness (QED) is 0.738. The number of Topliss-reactive ketones (excluding diaryl/α,β-unsaturated/α-hetero) is 1.